The highest BCUT2D eigenvalue weighted by atomic mass is 35.5. The molecule has 2 aliphatic rings. The number of halogens is 2. The molecule has 2 aliphatic heterocycles. The molecule has 38 heavy (non-hydrogen) atoms. The van der Waals surface area contributed by atoms with Crippen LogP contribution in [0, 0.1) is 0 Å². The Morgan fingerprint density at radius 3 is 2.76 bits per heavy atom. The van der Waals surface area contributed by atoms with Crippen LogP contribution in [0.25, 0.3) is 17.0 Å². The van der Waals surface area contributed by atoms with Gasteiger partial charge in [0.1, 0.15) is 24.0 Å². The molecular weight excluding hydrogens is 523 g/mol. The largest absolute Gasteiger partial charge is 0.497 e. The number of ketones is 1. The highest BCUT2D eigenvalue weighted by Gasteiger charge is 2.33. The second-order valence-electron chi connectivity index (χ2n) is 9.42. The lowest BCUT2D eigenvalue weighted by atomic mass is 10.0. The molecule has 3 heterocycles. The summed E-state index contributed by atoms with van der Waals surface area (Å²) in [4.78, 5) is 15.5. The minimum absolute atomic E-state index is 0.131. The Kier molecular flexibility index (Phi) is 6.56. The third-order valence-corrected chi connectivity index (χ3v) is 7.73. The van der Waals surface area contributed by atoms with Crippen LogP contribution in [0.3, 0.4) is 0 Å². The molecule has 6 rings (SSSR count). The maximum absolute atomic E-state index is 13.4. The molecule has 6 nitrogen and oxygen atoms in total. The van der Waals surface area contributed by atoms with Gasteiger partial charge in [0, 0.05) is 52.3 Å². The Morgan fingerprint density at radius 1 is 1.11 bits per heavy atom. The predicted molar refractivity (Wildman–Crippen MR) is 150 cm³/mol. The summed E-state index contributed by atoms with van der Waals surface area (Å²) in [7, 11) is 1.65. The molecule has 0 atom stereocenters. The van der Waals surface area contributed by atoms with E-state index in [4.69, 9.17) is 37.4 Å². The molecule has 0 radical (unpaired) electrons. The van der Waals surface area contributed by atoms with E-state index in [0.717, 1.165) is 58.6 Å². The van der Waals surface area contributed by atoms with E-state index < -0.39 is 0 Å². The molecule has 3 aromatic carbocycles. The van der Waals surface area contributed by atoms with Gasteiger partial charge in [-0.1, -0.05) is 29.3 Å². The molecule has 0 unspecified atom stereocenters. The maximum atomic E-state index is 13.4. The van der Waals surface area contributed by atoms with Gasteiger partial charge in [-0.05, 0) is 67.4 Å². The fraction of sp³-hybridized carbons (Fsp3) is 0.233. The van der Waals surface area contributed by atoms with Crippen molar-refractivity contribution in [1.82, 2.24) is 9.47 Å². The van der Waals surface area contributed by atoms with Crippen LogP contribution in [0.1, 0.15) is 34.0 Å². The number of aryl methyl sites for hydroxylation is 1. The average Bonchev–Trinajstić information content (AvgIpc) is 3.44. The van der Waals surface area contributed by atoms with Gasteiger partial charge in [0.2, 0.25) is 5.78 Å². The maximum Gasteiger partial charge on any atom is 0.231 e. The second kappa shape index (κ2) is 10.0. The number of carbonyl (C=O) groups is 1. The lowest BCUT2D eigenvalue weighted by molar-refractivity contribution is 0.0950. The van der Waals surface area contributed by atoms with E-state index in [0.29, 0.717) is 40.4 Å². The first-order valence-electron chi connectivity index (χ1n) is 12.5. The molecule has 0 aliphatic carbocycles. The SMILES string of the molecule is CCn1cc(/C=C2\Oc3c(ccc4c3CN(CCc3ccc(Cl)cc3Cl)CO4)C2=O)c2cc(OC)ccc21. The molecule has 0 fully saturated rings. The van der Waals surface area contributed by atoms with Gasteiger partial charge in [0.15, 0.2) is 5.76 Å². The molecule has 4 aromatic rings. The number of allylic oxidation sites excluding steroid dienone is 1. The number of carbonyl (C=O) groups excluding carboxylic acids is 1. The summed E-state index contributed by atoms with van der Waals surface area (Å²) < 4.78 is 19.9. The van der Waals surface area contributed by atoms with Crippen LogP contribution >= 0.6 is 23.2 Å². The van der Waals surface area contributed by atoms with Crippen LogP contribution in [0.15, 0.2) is 60.5 Å². The van der Waals surface area contributed by atoms with Crippen LogP contribution in [0.4, 0.5) is 0 Å². The Labute approximate surface area is 230 Å². The topological polar surface area (TPSA) is 52.9 Å². The van der Waals surface area contributed by atoms with Gasteiger partial charge < -0.3 is 18.8 Å². The Bertz CT molecular complexity index is 1610. The first-order chi connectivity index (χ1) is 18.4. The van der Waals surface area contributed by atoms with Gasteiger partial charge in [-0.2, -0.15) is 0 Å². The Hall–Kier alpha value is -3.45. The molecule has 0 amide bonds. The van der Waals surface area contributed by atoms with Crippen LogP contribution in [-0.4, -0.2) is 35.6 Å². The molecule has 0 saturated heterocycles. The molecule has 0 N–H and O–H groups in total. The van der Waals surface area contributed by atoms with Crippen LogP contribution in [-0.2, 0) is 19.5 Å². The summed E-state index contributed by atoms with van der Waals surface area (Å²) in [6.07, 6.45) is 4.62. The highest BCUT2D eigenvalue weighted by molar-refractivity contribution is 6.35. The van der Waals surface area contributed by atoms with E-state index in [1.807, 2.05) is 48.7 Å². The Balaban J connectivity index is 1.27. The van der Waals surface area contributed by atoms with E-state index in [1.165, 1.54) is 0 Å². The van der Waals surface area contributed by atoms with Crippen LogP contribution in [0.5, 0.6) is 17.2 Å². The lowest BCUT2D eigenvalue weighted by Crippen LogP contribution is -2.33. The summed E-state index contributed by atoms with van der Waals surface area (Å²) in [5, 5.41) is 2.28. The van der Waals surface area contributed by atoms with Crippen LogP contribution < -0.4 is 14.2 Å². The van der Waals surface area contributed by atoms with Gasteiger partial charge in [0.05, 0.1) is 18.2 Å². The first-order valence-corrected chi connectivity index (χ1v) is 13.3. The minimum atomic E-state index is -0.131. The zero-order chi connectivity index (χ0) is 26.4. The van der Waals surface area contributed by atoms with E-state index >= 15 is 0 Å². The quantitative estimate of drug-likeness (QED) is 0.243. The molecule has 8 heteroatoms. The van der Waals surface area contributed by atoms with Crippen molar-refractivity contribution in [3.63, 3.8) is 0 Å². The zero-order valence-electron chi connectivity index (χ0n) is 21.1. The number of nitrogens with zero attached hydrogens (tertiary/aromatic N) is 2. The standard InChI is InChI=1S/C30H26Cl2N2O4/c1-3-34-15-19(23-14-21(36-2)6-8-26(23)34)12-28-29(35)22-7-9-27-24(30(22)38-28)16-33(17-37-27)11-10-18-4-5-20(31)13-25(18)32/h4-9,12-15H,3,10-11,16-17H2,1-2H3/b28-12-. The highest BCUT2D eigenvalue weighted by Crippen LogP contribution is 2.42. The number of methoxy groups -OCH3 is 1. The van der Waals surface area contributed by atoms with Crippen molar-refractivity contribution >= 4 is 46.0 Å². The third kappa shape index (κ3) is 4.43. The van der Waals surface area contributed by atoms with Crippen molar-refractivity contribution in [2.75, 3.05) is 20.4 Å². The van der Waals surface area contributed by atoms with Gasteiger partial charge in [-0.15, -0.1) is 0 Å². The fourth-order valence-electron chi connectivity index (χ4n) is 5.10. The monoisotopic (exact) mass is 548 g/mol. The number of rotatable bonds is 6. The summed E-state index contributed by atoms with van der Waals surface area (Å²) in [5.41, 5.74) is 4.44. The van der Waals surface area contributed by atoms with Gasteiger partial charge >= 0.3 is 0 Å². The molecule has 194 valence electrons. The van der Waals surface area contributed by atoms with Crippen LogP contribution in [0.2, 0.25) is 10.0 Å². The molecule has 0 bridgehead atoms. The van der Waals surface area contributed by atoms with Gasteiger partial charge in [-0.25, -0.2) is 0 Å². The predicted octanol–water partition coefficient (Wildman–Crippen LogP) is 6.99. The van der Waals surface area contributed by atoms with Crippen molar-refractivity contribution in [2.45, 2.75) is 26.4 Å². The molecule has 0 saturated carbocycles. The Morgan fingerprint density at radius 2 is 1.97 bits per heavy atom. The fourth-order valence-corrected chi connectivity index (χ4v) is 5.60. The number of hydrogen-bond donors (Lipinski definition) is 0. The molecule has 1 aromatic heterocycles. The number of aromatic nitrogens is 1. The van der Waals surface area contributed by atoms with Crippen molar-refractivity contribution in [2.24, 2.45) is 0 Å². The van der Waals surface area contributed by atoms with E-state index in [2.05, 4.69) is 16.4 Å². The number of benzene rings is 3. The van der Waals surface area contributed by atoms with E-state index in [-0.39, 0.29) is 5.78 Å². The summed E-state index contributed by atoms with van der Waals surface area (Å²) in [5.74, 6) is 2.25. The summed E-state index contributed by atoms with van der Waals surface area (Å²) >= 11 is 12.4. The van der Waals surface area contributed by atoms with Gasteiger partial charge in [-0.3, -0.25) is 9.69 Å². The third-order valence-electron chi connectivity index (χ3n) is 7.14. The number of Topliss-reactive ketones (excluding diaryl/α,β-unsaturated/α-hetero) is 1. The smallest absolute Gasteiger partial charge is 0.231 e. The van der Waals surface area contributed by atoms with E-state index in [1.54, 1.807) is 19.2 Å². The average molecular weight is 549 g/mol. The lowest BCUT2D eigenvalue weighted by Gasteiger charge is -2.29. The zero-order valence-corrected chi connectivity index (χ0v) is 22.6. The number of hydrogen-bond acceptors (Lipinski definition) is 5. The molecule has 0 spiro atoms. The van der Waals surface area contributed by atoms with Crippen molar-refractivity contribution < 1.29 is 19.0 Å². The van der Waals surface area contributed by atoms with Crippen molar-refractivity contribution in [3.8, 4) is 17.2 Å². The minimum Gasteiger partial charge on any atom is -0.497 e. The van der Waals surface area contributed by atoms with Gasteiger partial charge in [0.25, 0.3) is 0 Å². The summed E-state index contributed by atoms with van der Waals surface area (Å²) in [6, 6.07) is 15.2. The number of ether oxygens (including phenoxy) is 3. The number of fused-ring (bicyclic) bond motifs is 4. The van der Waals surface area contributed by atoms with E-state index in [9.17, 15) is 4.79 Å². The van der Waals surface area contributed by atoms with Crippen molar-refractivity contribution in [3.05, 3.63) is 92.8 Å². The summed E-state index contributed by atoms with van der Waals surface area (Å²) in [6.45, 7) is 4.69. The first kappa shape index (κ1) is 24.9. The second-order valence-corrected chi connectivity index (χ2v) is 10.3. The normalized spacial score (nSPS) is 15.9. The molecular formula is C30H26Cl2N2O4. The van der Waals surface area contributed by atoms with Crippen molar-refractivity contribution in [1.29, 1.82) is 0 Å².